The average Bonchev–Trinajstić information content (AvgIpc) is 3.04. The van der Waals surface area contributed by atoms with Crippen molar-refractivity contribution in [2.75, 3.05) is 29.2 Å². The van der Waals surface area contributed by atoms with E-state index in [0.29, 0.717) is 11.7 Å². The molecule has 0 bridgehead atoms. The number of carbonyl (C=O) groups is 1. The topological polar surface area (TPSA) is 61.4 Å². The summed E-state index contributed by atoms with van der Waals surface area (Å²) in [6.45, 7) is 2.17. The molecule has 1 aliphatic heterocycles. The zero-order valence-electron chi connectivity index (χ0n) is 16.3. The normalized spacial score (nSPS) is 15.2. The molecule has 6 nitrogen and oxygen atoms in total. The number of anilines is 4. The lowest BCUT2D eigenvalue weighted by Gasteiger charge is -2.23. The molecule has 0 fully saturated rings. The van der Waals surface area contributed by atoms with Gasteiger partial charge in [0, 0.05) is 37.2 Å². The summed E-state index contributed by atoms with van der Waals surface area (Å²) in [5.41, 5.74) is 4.55. The molecule has 0 saturated carbocycles. The Balaban J connectivity index is 1.49. The Morgan fingerprint density at radius 2 is 1.82 bits per heavy atom. The van der Waals surface area contributed by atoms with Crippen LogP contribution in [0.2, 0.25) is 0 Å². The standard InChI is InChI=1S/C22H23N5O/c1-15-12-16-6-4-5-7-20(16)27(15)21-14-23-19(13-24-21)22(28)25-17-8-10-18(11-9-17)26(2)3/h4-11,13-15H,12H2,1-3H3,(H,25,28). The Bertz CT molecular complexity index is 983. The van der Waals surface area contributed by atoms with E-state index in [1.807, 2.05) is 49.3 Å². The summed E-state index contributed by atoms with van der Waals surface area (Å²) < 4.78 is 0. The molecule has 2 aromatic carbocycles. The minimum absolute atomic E-state index is 0.272. The summed E-state index contributed by atoms with van der Waals surface area (Å²) in [4.78, 5) is 25.5. The SMILES string of the molecule is CC1Cc2ccccc2N1c1cnc(C(=O)Nc2ccc(N(C)C)cc2)cn1. The lowest BCUT2D eigenvalue weighted by molar-refractivity contribution is 0.102. The fourth-order valence-electron chi connectivity index (χ4n) is 3.52. The second-order valence-electron chi connectivity index (χ2n) is 7.21. The maximum absolute atomic E-state index is 12.5. The first kappa shape index (κ1) is 18.0. The molecule has 0 radical (unpaired) electrons. The number of carbonyl (C=O) groups excluding carboxylic acids is 1. The molecule has 0 aliphatic carbocycles. The quantitative estimate of drug-likeness (QED) is 0.752. The van der Waals surface area contributed by atoms with Crippen LogP contribution in [0.25, 0.3) is 0 Å². The molecule has 1 aliphatic rings. The van der Waals surface area contributed by atoms with Gasteiger partial charge in [-0.15, -0.1) is 0 Å². The molecule has 3 aromatic rings. The van der Waals surface area contributed by atoms with Crippen LogP contribution in [0.5, 0.6) is 0 Å². The van der Waals surface area contributed by atoms with Crippen LogP contribution < -0.4 is 15.1 Å². The van der Waals surface area contributed by atoms with E-state index in [9.17, 15) is 4.79 Å². The lowest BCUT2D eigenvalue weighted by Crippen LogP contribution is -2.25. The summed E-state index contributed by atoms with van der Waals surface area (Å²) in [5, 5.41) is 2.86. The molecule has 2 heterocycles. The Labute approximate surface area is 164 Å². The van der Waals surface area contributed by atoms with Crippen molar-refractivity contribution in [2.45, 2.75) is 19.4 Å². The van der Waals surface area contributed by atoms with Gasteiger partial charge >= 0.3 is 0 Å². The smallest absolute Gasteiger partial charge is 0.275 e. The third-order valence-corrected chi connectivity index (χ3v) is 4.97. The zero-order valence-corrected chi connectivity index (χ0v) is 16.3. The van der Waals surface area contributed by atoms with Crippen LogP contribution in [0, 0.1) is 0 Å². The summed E-state index contributed by atoms with van der Waals surface area (Å²) in [5.74, 6) is 0.482. The van der Waals surface area contributed by atoms with Crippen LogP contribution in [0.4, 0.5) is 22.9 Å². The van der Waals surface area contributed by atoms with Crippen molar-refractivity contribution >= 4 is 28.8 Å². The van der Waals surface area contributed by atoms with Crippen LogP contribution in [0.1, 0.15) is 23.0 Å². The number of hydrogen-bond donors (Lipinski definition) is 1. The van der Waals surface area contributed by atoms with Gasteiger partial charge in [0.15, 0.2) is 5.82 Å². The number of hydrogen-bond acceptors (Lipinski definition) is 5. The van der Waals surface area contributed by atoms with Gasteiger partial charge in [0.05, 0.1) is 12.4 Å². The summed E-state index contributed by atoms with van der Waals surface area (Å²) >= 11 is 0. The van der Waals surface area contributed by atoms with Crippen molar-refractivity contribution in [3.63, 3.8) is 0 Å². The second-order valence-corrected chi connectivity index (χ2v) is 7.21. The monoisotopic (exact) mass is 373 g/mol. The largest absolute Gasteiger partial charge is 0.378 e. The molecule has 1 unspecified atom stereocenters. The van der Waals surface area contributed by atoms with Gasteiger partial charge < -0.3 is 15.1 Å². The molecular weight excluding hydrogens is 350 g/mol. The molecule has 6 heteroatoms. The number of amides is 1. The van der Waals surface area contributed by atoms with E-state index in [4.69, 9.17) is 0 Å². The Morgan fingerprint density at radius 3 is 2.50 bits per heavy atom. The molecule has 0 spiro atoms. The number of nitrogens with zero attached hydrogens (tertiary/aromatic N) is 4. The van der Waals surface area contributed by atoms with E-state index in [0.717, 1.165) is 29.3 Å². The minimum atomic E-state index is -0.272. The van der Waals surface area contributed by atoms with Crippen LogP contribution in [0.15, 0.2) is 60.9 Å². The lowest BCUT2D eigenvalue weighted by atomic mass is 10.1. The third-order valence-electron chi connectivity index (χ3n) is 4.97. The van der Waals surface area contributed by atoms with Crippen molar-refractivity contribution in [3.8, 4) is 0 Å². The van der Waals surface area contributed by atoms with E-state index >= 15 is 0 Å². The van der Waals surface area contributed by atoms with Gasteiger partial charge in [-0.2, -0.15) is 0 Å². The van der Waals surface area contributed by atoms with Gasteiger partial charge in [-0.25, -0.2) is 9.97 Å². The van der Waals surface area contributed by atoms with Gasteiger partial charge in [-0.3, -0.25) is 4.79 Å². The van der Waals surface area contributed by atoms with E-state index < -0.39 is 0 Å². The summed E-state index contributed by atoms with van der Waals surface area (Å²) in [6.07, 6.45) is 4.18. The van der Waals surface area contributed by atoms with Crippen LogP contribution in [-0.2, 0) is 6.42 Å². The van der Waals surface area contributed by atoms with Gasteiger partial charge in [0.25, 0.3) is 5.91 Å². The number of benzene rings is 2. The number of nitrogens with one attached hydrogen (secondary N) is 1. The van der Waals surface area contributed by atoms with Crippen molar-refractivity contribution in [1.82, 2.24) is 9.97 Å². The van der Waals surface area contributed by atoms with E-state index in [2.05, 4.69) is 45.3 Å². The Hall–Kier alpha value is -3.41. The fourth-order valence-corrected chi connectivity index (χ4v) is 3.52. The predicted octanol–water partition coefficient (Wildman–Crippen LogP) is 3.88. The first-order chi connectivity index (χ1) is 13.5. The zero-order chi connectivity index (χ0) is 19.7. The van der Waals surface area contributed by atoms with Crippen molar-refractivity contribution in [2.24, 2.45) is 0 Å². The molecule has 1 aromatic heterocycles. The molecule has 4 rings (SSSR count). The fraction of sp³-hybridized carbons (Fsp3) is 0.227. The van der Waals surface area contributed by atoms with Gasteiger partial charge in [0.1, 0.15) is 5.69 Å². The second kappa shape index (κ2) is 7.31. The maximum atomic E-state index is 12.5. The van der Waals surface area contributed by atoms with Crippen molar-refractivity contribution in [1.29, 1.82) is 0 Å². The van der Waals surface area contributed by atoms with Crippen LogP contribution >= 0.6 is 0 Å². The molecule has 28 heavy (non-hydrogen) atoms. The van der Waals surface area contributed by atoms with E-state index in [1.165, 1.54) is 11.8 Å². The molecule has 142 valence electrons. The Morgan fingerprint density at radius 1 is 1.07 bits per heavy atom. The highest BCUT2D eigenvalue weighted by molar-refractivity contribution is 6.02. The number of para-hydroxylation sites is 1. The van der Waals surface area contributed by atoms with Gasteiger partial charge in [-0.1, -0.05) is 18.2 Å². The first-order valence-electron chi connectivity index (χ1n) is 9.31. The average molecular weight is 373 g/mol. The van der Waals surface area contributed by atoms with Crippen LogP contribution in [-0.4, -0.2) is 36.0 Å². The molecule has 1 amide bonds. The minimum Gasteiger partial charge on any atom is -0.378 e. The van der Waals surface area contributed by atoms with Gasteiger partial charge in [-0.05, 0) is 49.2 Å². The van der Waals surface area contributed by atoms with Crippen molar-refractivity contribution in [3.05, 3.63) is 72.2 Å². The summed E-state index contributed by atoms with van der Waals surface area (Å²) in [6, 6.07) is 16.3. The number of rotatable bonds is 4. The van der Waals surface area contributed by atoms with E-state index in [-0.39, 0.29) is 5.91 Å². The molecule has 0 saturated heterocycles. The molecule has 1 N–H and O–H groups in total. The Kier molecular flexibility index (Phi) is 4.69. The first-order valence-corrected chi connectivity index (χ1v) is 9.31. The third kappa shape index (κ3) is 3.41. The highest BCUT2D eigenvalue weighted by atomic mass is 16.1. The molecular formula is C22H23N5O. The maximum Gasteiger partial charge on any atom is 0.275 e. The number of fused-ring (bicyclic) bond motifs is 1. The van der Waals surface area contributed by atoms with E-state index in [1.54, 1.807) is 6.20 Å². The molecule has 1 atom stereocenters. The van der Waals surface area contributed by atoms with Crippen molar-refractivity contribution < 1.29 is 4.79 Å². The summed E-state index contributed by atoms with van der Waals surface area (Å²) in [7, 11) is 3.95. The highest BCUT2D eigenvalue weighted by Gasteiger charge is 2.27. The van der Waals surface area contributed by atoms with Gasteiger partial charge in [0.2, 0.25) is 0 Å². The van der Waals surface area contributed by atoms with Crippen LogP contribution in [0.3, 0.4) is 0 Å². The number of aromatic nitrogens is 2. The predicted molar refractivity (Wildman–Crippen MR) is 113 cm³/mol. The highest BCUT2D eigenvalue weighted by Crippen LogP contribution is 2.36.